The molecule has 33 heavy (non-hydrogen) atoms. The first-order chi connectivity index (χ1) is 15.5. The number of esters is 1. The van der Waals surface area contributed by atoms with Gasteiger partial charge in [-0.05, 0) is 45.1 Å². The molecule has 184 valence electrons. The van der Waals surface area contributed by atoms with E-state index in [1.807, 2.05) is 12.2 Å². The molecule has 0 aromatic carbocycles. The first-order valence-corrected chi connectivity index (χ1v) is 12.9. The molecule has 0 radical (unpaired) electrons. The molecule has 1 aromatic heterocycles. The summed E-state index contributed by atoms with van der Waals surface area (Å²) in [6.45, 7) is 3.60. The normalized spacial score (nSPS) is 23.6. The molecular weight excluding hydrogens is 472 g/mol. The monoisotopic (exact) mass is 502 g/mol. The van der Waals surface area contributed by atoms with E-state index < -0.39 is 38.4 Å². The van der Waals surface area contributed by atoms with Gasteiger partial charge in [-0.1, -0.05) is 29.6 Å². The third kappa shape index (κ3) is 8.93. The summed E-state index contributed by atoms with van der Waals surface area (Å²) in [5.74, 6) is -1.53. The Balaban J connectivity index is 1.85. The Morgan fingerprint density at radius 2 is 2.00 bits per heavy atom. The van der Waals surface area contributed by atoms with Crippen LogP contribution in [0.4, 0.5) is 5.13 Å². The maximum atomic E-state index is 12.1. The molecule has 1 amide bonds. The van der Waals surface area contributed by atoms with Gasteiger partial charge in [0.05, 0.1) is 18.3 Å². The Kier molecular flexibility index (Phi) is 10.1. The topological polar surface area (TPSA) is 182 Å². The standard InChI is InChI=1S/C20H30N4O7S2/c1-12(2)31-18(28)8-6-4-3-5-7-13-14(16(26)11-15(13)25)9-10-17(27)22-19-23-24-20(32-19)33(21,29)30/h3,5,9-10,12-16,25-26H,4,6-8,11H2,1-2H3,(H2,21,29,30)(H,22,23,27)/b5-3-,10-9+/t13-,14-,15+,16-/m1/s1. The van der Waals surface area contributed by atoms with Gasteiger partial charge in [0.25, 0.3) is 10.0 Å². The summed E-state index contributed by atoms with van der Waals surface area (Å²) in [7, 11) is -4.00. The highest BCUT2D eigenvalue weighted by Gasteiger charge is 2.39. The first kappa shape index (κ1) is 27.1. The van der Waals surface area contributed by atoms with E-state index in [-0.39, 0.29) is 29.5 Å². The molecule has 1 heterocycles. The number of nitrogens with one attached hydrogen (secondary N) is 1. The lowest BCUT2D eigenvalue weighted by Gasteiger charge is -2.19. The number of hydrogen-bond donors (Lipinski definition) is 4. The first-order valence-electron chi connectivity index (χ1n) is 10.5. The van der Waals surface area contributed by atoms with Crippen LogP contribution in [-0.4, -0.2) is 59.0 Å². The summed E-state index contributed by atoms with van der Waals surface area (Å²) in [4.78, 5) is 23.7. The van der Waals surface area contributed by atoms with Crippen molar-refractivity contribution in [3.05, 3.63) is 24.3 Å². The van der Waals surface area contributed by atoms with E-state index in [1.165, 1.54) is 12.2 Å². The number of hydrogen-bond acceptors (Lipinski definition) is 10. The summed E-state index contributed by atoms with van der Waals surface area (Å²) in [6.07, 6.45) is 7.28. The molecular formula is C20H30N4O7S2. The highest BCUT2D eigenvalue weighted by Crippen LogP contribution is 2.36. The van der Waals surface area contributed by atoms with E-state index in [4.69, 9.17) is 9.88 Å². The van der Waals surface area contributed by atoms with Gasteiger partial charge in [-0.3, -0.25) is 14.9 Å². The van der Waals surface area contributed by atoms with Crippen LogP contribution in [-0.2, 0) is 24.3 Å². The highest BCUT2D eigenvalue weighted by molar-refractivity contribution is 7.91. The van der Waals surface area contributed by atoms with Crippen LogP contribution in [0.3, 0.4) is 0 Å². The zero-order valence-electron chi connectivity index (χ0n) is 18.5. The second kappa shape index (κ2) is 12.3. The van der Waals surface area contributed by atoms with E-state index in [9.17, 15) is 28.2 Å². The van der Waals surface area contributed by atoms with Crippen LogP contribution in [0.5, 0.6) is 0 Å². The van der Waals surface area contributed by atoms with Gasteiger partial charge in [0.2, 0.25) is 15.4 Å². The number of primary sulfonamides is 1. The number of allylic oxidation sites excluding steroid dienone is 2. The number of aliphatic hydroxyl groups is 2. The van der Waals surface area contributed by atoms with Gasteiger partial charge in [0, 0.05) is 18.8 Å². The number of rotatable bonds is 11. The minimum absolute atomic E-state index is 0.0301. The molecule has 1 fully saturated rings. The minimum Gasteiger partial charge on any atom is -0.463 e. The Bertz CT molecular complexity index is 975. The van der Waals surface area contributed by atoms with Crippen LogP contribution in [0.2, 0.25) is 0 Å². The number of ether oxygens (including phenoxy) is 1. The largest absolute Gasteiger partial charge is 0.463 e. The van der Waals surface area contributed by atoms with Gasteiger partial charge >= 0.3 is 5.97 Å². The minimum atomic E-state index is -4.00. The predicted octanol–water partition coefficient (Wildman–Crippen LogP) is 1.11. The summed E-state index contributed by atoms with van der Waals surface area (Å²) in [5, 5.41) is 34.8. The fourth-order valence-electron chi connectivity index (χ4n) is 3.48. The molecule has 0 spiro atoms. The van der Waals surface area contributed by atoms with Crippen molar-refractivity contribution in [1.29, 1.82) is 0 Å². The molecule has 11 nitrogen and oxygen atoms in total. The van der Waals surface area contributed by atoms with E-state index in [1.54, 1.807) is 13.8 Å². The van der Waals surface area contributed by atoms with E-state index in [0.29, 0.717) is 37.0 Å². The van der Waals surface area contributed by atoms with Gasteiger partial charge in [-0.25, -0.2) is 13.6 Å². The zero-order valence-corrected chi connectivity index (χ0v) is 20.1. The molecule has 2 rings (SSSR count). The number of nitrogens with zero attached hydrogens (tertiary/aromatic N) is 2. The maximum Gasteiger partial charge on any atom is 0.306 e. The number of carbonyl (C=O) groups excluding carboxylic acids is 2. The molecule has 5 N–H and O–H groups in total. The molecule has 0 bridgehead atoms. The van der Waals surface area contributed by atoms with Gasteiger partial charge in [-0.15, -0.1) is 10.2 Å². The molecule has 13 heteroatoms. The quantitative estimate of drug-likeness (QED) is 0.113. The maximum absolute atomic E-state index is 12.1. The average Bonchev–Trinajstić information content (AvgIpc) is 3.26. The lowest BCUT2D eigenvalue weighted by molar-refractivity contribution is -0.147. The van der Waals surface area contributed by atoms with Crippen LogP contribution in [0.25, 0.3) is 0 Å². The molecule has 1 aliphatic rings. The second-order valence-electron chi connectivity index (χ2n) is 8.02. The highest BCUT2D eigenvalue weighted by atomic mass is 32.2. The molecule has 4 atom stereocenters. The molecule has 0 saturated heterocycles. The number of aromatic nitrogens is 2. The number of carbonyl (C=O) groups is 2. The van der Waals surface area contributed by atoms with Crippen molar-refractivity contribution in [3.8, 4) is 0 Å². The van der Waals surface area contributed by atoms with Crippen molar-refractivity contribution in [2.45, 2.75) is 68.6 Å². The van der Waals surface area contributed by atoms with Crippen LogP contribution >= 0.6 is 11.3 Å². The number of nitrogens with two attached hydrogens (primary N) is 1. The van der Waals surface area contributed by atoms with Crippen LogP contribution in [0, 0.1) is 11.8 Å². The summed E-state index contributed by atoms with van der Waals surface area (Å²) in [5.41, 5.74) is 0. The van der Waals surface area contributed by atoms with Crippen LogP contribution in [0.1, 0.15) is 46.0 Å². The molecule has 0 aliphatic heterocycles. The number of sulfonamides is 1. The SMILES string of the molecule is CC(C)OC(=O)CCC/C=C\C[C@@H]1[C@@H](/C=C/C(=O)Nc2nnc(S(N)(=O)=O)s2)[C@H](O)C[C@@H]1O. The lowest BCUT2D eigenvalue weighted by Crippen LogP contribution is -2.20. The van der Waals surface area contributed by atoms with Gasteiger partial charge in [0.1, 0.15) is 0 Å². The summed E-state index contributed by atoms with van der Waals surface area (Å²) < 4.78 is 27.1. The van der Waals surface area contributed by atoms with Crippen LogP contribution < -0.4 is 10.5 Å². The average molecular weight is 503 g/mol. The molecule has 1 aliphatic carbocycles. The third-order valence-corrected chi connectivity index (χ3v) is 7.11. The second-order valence-corrected chi connectivity index (χ2v) is 10.7. The van der Waals surface area contributed by atoms with Crippen molar-refractivity contribution in [1.82, 2.24) is 10.2 Å². The summed E-state index contributed by atoms with van der Waals surface area (Å²) >= 11 is 0.621. The third-order valence-electron chi connectivity index (χ3n) is 4.96. The van der Waals surface area contributed by atoms with Crippen molar-refractivity contribution in [2.24, 2.45) is 17.0 Å². The van der Waals surface area contributed by atoms with Gasteiger partial charge < -0.3 is 14.9 Å². The molecule has 0 unspecified atom stereocenters. The van der Waals surface area contributed by atoms with Crippen molar-refractivity contribution < 1.29 is 33.0 Å². The number of amides is 1. The fourth-order valence-corrected chi connectivity index (χ4v) is 4.82. The Hall–Kier alpha value is -2.19. The Labute approximate surface area is 196 Å². The smallest absolute Gasteiger partial charge is 0.306 e. The van der Waals surface area contributed by atoms with Crippen LogP contribution in [0.15, 0.2) is 28.6 Å². The van der Waals surface area contributed by atoms with E-state index in [2.05, 4.69) is 15.5 Å². The van der Waals surface area contributed by atoms with Crippen molar-refractivity contribution >= 4 is 38.4 Å². The van der Waals surface area contributed by atoms with Crippen molar-refractivity contribution in [2.75, 3.05) is 5.32 Å². The lowest BCUT2D eigenvalue weighted by atomic mass is 9.90. The summed E-state index contributed by atoms with van der Waals surface area (Å²) in [6, 6.07) is 0. The van der Waals surface area contributed by atoms with E-state index >= 15 is 0 Å². The Morgan fingerprint density at radius 1 is 1.27 bits per heavy atom. The molecule has 1 saturated carbocycles. The number of unbranched alkanes of at least 4 members (excludes halogenated alkanes) is 1. The predicted molar refractivity (Wildman–Crippen MR) is 121 cm³/mol. The zero-order chi connectivity index (χ0) is 24.6. The van der Waals surface area contributed by atoms with Gasteiger partial charge in [0.15, 0.2) is 0 Å². The van der Waals surface area contributed by atoms with E-state index in [0.717, 1.165) is 0 Å². The van der Waals surface area contributed by atoms with Gasteiger partial charge in [-0.2, -0.15) is 0 Å². The number of anilines is 1. The molecule has 1 aromatic rings. The van der Waals surface area contributed by atoms with Crippen molar-refractivity contribution in [3.63, 3.8) is 0 Å². The Morgan fingerprint density at radius 3 is 2.64 bits per heavy atom. The fraction of sp³-hybridized carbons (Fsp3) is 0.600. The number of aliphatic hydroxyl groups excluding tert-OH is 2.